The molecule has 0 radical (unpaired) electrons. The smallest absolute Gasteiger partial charge is 0.145 e. The minimum Gasteiger partial charge on any atom is -0.455 e. The van der Waals surface area contributed by atoms with Crippen molar-refractivity contribution in [2.24, 2.45) is 0 Å². The molecule has 29 heavy (non-hydrogen) atoms. The molecule has 0 amide bonds. The van der Waals surface area contributed by atoms with Gasteiger partial charge in [-0.3, -0.25) is 4.98 Å². The molecule has 0 saturated heterocycles. The molecule has 0 bridgehead atoms. The number of anilines is 3. The van der Waals surface area contributed by atoms with Crippen LogP contribution in [-0.4, -0.2) is 29.0 Å². The topological polar surface area (TPSA) is 63.2 Å². The van der Waals surface area contributed by atoms with E-state index in [4.69, 9.17) is 4.74 Å². The highest BCUT2D eigenvalue weighted by Crippen LogP contribution is 2.30. The molecule has 1 N–H and O–H groups in total. The Hall–Kier alpha value is -3.67. The van der Waals surface area contributed by atoms with E-state index in [1.165, 1.54) is 0 Å². The van der Waals surface area contributed by atoms with Crippen LogP contribution in [0.3, 0.4) is 0 Å². The van der Waals surface area contributed by atoms with Crippen LogP contribution in [0.5, 0.6) is 11.5 Å². The molecule has 0 aliphatic carbocycles. The number of nitrogens with zero attached hydrogens (tertiary/aromatic N) is 4. The number of nitrogens with one attached hydrogen (secondary N) is 1. The molecule has 0 aliphatic heterocycles. The van der Waals surface area contributed by atoms with Gasteiger partial charge in [0.15, 0.2) is 0 Å². The second-order valence-corrected chi connectivity index (χ2v) is 7.16. The quantitative estimate of drug-likeness (QED) is 0.507. The molecule has 2 aromatic carbocycles. The van der Waals surface area contributed by atoms with Gasteiger partial charge in [0.2, 0.25) is 0 Å². The van der Waals surface area contributed by atoms with Crippen molar-refractivity contribution < 1.29 is 4.74 Å². The summed E-state index contributed by atoms with van der Waals surface area (Å²) in [5.74, 6) is 2.29. The summed E-state index contributed by atoms with van der Waals surface area (Å²) in [6, 6.07) is 16.0. The first-order valence-corrected chi connectivity index (χ1v) is 9.40. The zero-order valence-corrected chi connectivity index (χ0v) is 17.0. The molecule has 2 heterocycles. The van der Waals surface area contributed by atoms with E-state index in [2.05, 4.69) is 37.3 Å². The van der Waals surface area contributed by atoms with Gasteiger partial charge in [0, 0.05) is 36.6 Å². The maximum atomic E-state index is 5.96. The molecule has 2 aromatic heterocycles. The van der Waals surface area contributed by atoms with E-state index in [-0.39, 0.29) is 0 Å². The van der Waals surface area contributed by atoms with E-state index in [0.717, 1.165) is 50.9 Å². The van der Waals surface area contributed by atoms with Crippen molar-refractivity contribution in [3.8, 4) is 11.5 Å². The lowest BCUT2D eigenvalue weighted by molar-refractivity contribution is 0.476. The summed E-state index contributed by atoms with van der Waals surface area (Å²) in [4.78, 5) is 15.2. The van der Waals surface area contributed by atoms with Crippen molar-refractivity contribution in [3.05, 3.63) is 72.3 Å². The summed E-state index contributed by atoms with van der Waals surface area (Å²) in [6.45, 7) is 3.97. The molecule has 6 nitrogen and oxygen atoms in total. The van der Waals surface area contributed by atoms with E-state index in [0.29, 0.717) is 0 Å². The molecule has 0 aliphatic rings. The maximum Gasteiger partial charge on any atom is 0.145 e. The standard InChI is InChI=1S/C23H23N5O/c1-15-11-17(6-10-22(15)29-19-8-5-16(2)24-13-19)27-23-20-12-18(28(3)4)7-9-21(20)25-14-26-23/h5-14H,1-4H3,(H,25,26,27). The maximum absolute atomic E-state index is 5.96. The Morgan fingerprint density at radius 1 is 0.897 bits per heavy atom. The highest BCUT2D eigenvalue weighted by Gasteiger charge is 2.08. The van der Waals surface area contributed by atoms with Crippen molar-refractivity contribution in [2.45, 2.75) is 13.8 Å². The lowest BCUT2D eigenvalue weighted by Crippen LogP contribution is -2.08. The van der Waals surface area contributed by atoms with E-state index < -0.39 is 0 Å². The Balaban J connectivity index is 1.60. The Bertz CT molecular complexity index is 1160. The zero-order valence-electron chi connectivity index (χ0n) is 17.0. The Morgan fingerprint density at radius 2 is 1.76 bits per heavy atom. The lowest BCUT2D eigenvalue weighted by atomic mass is 10.1. The van der Waals surface area contributed by atoms with Gasteiger partial charge >= 0.3 is 0 Å². The first-order chi connectivity index (χ1) is 14.0. The Morgan fingerprint density at radius 3 is 2.48 bits per heavy atom. The van der Waals surface area contributed by atoms with E-state index >= 15 is 0 Å². The lowest BCUT2D eigenvalue weighted by Gasteiger charge is -2.15. The summed E-state index contributed by atoms with van der Waals surface area (Å²) in [5, 5.41) is 4.39. The monoisotopic (exact) mass is 385 g/mol. The van der Waals surface area contributed by atoms with Gasteiger partial charge < -0.3 is 15.0 Å². The molecule has 0 unspecified atom stereocenters. The van der Waals surface area contributed by atoms with Crippen LogP contribution in [0.4, 0.5) is 17.2 Å². The number of ether oxygens (including phenoxy) is 1. The van der Waals surface area contributed by atoms with Gasteiger partial charge in [-0.25, -0.2) is 9.97 Å². The van der Waals surface area contributed by atoms with Gasteiger partial charge in [-0.1, -0.05) is 0 Å². The summed E-state index contributed by atoms with van der Waals surface area (Å²) in [5.41, 5.74) is 4.91. The van der Waals surface area contributed by atoms with Crippen molar-refractivity contribution in [3.63, 3.8) is 0 Å². The predicted octanol–water partition coefficient (Wildman–Crippen LogP) is 5.24. The second kappa shape index (κ2) is 7.75. The van der Waals surface area contributed by atoms with E-state index in [1.807, 2.05) is 64.3 Å². The molecule has 0 fully saturated rings. The Kier molecular flexibility index (Phi) is 4.99. The fourth-order valence-corrected chi connectivity index (χ4v) is 3.04. The third kappa shape index (κ3) is 4.11. The molecule has 4 rings (SSSR count). The fraction of sp³-hybridized carbons (Fsp3) is 0.174. The van der Waals surface area contributed by atoms with Crippen molar-refractivity contribution >= 4 is 28.1 Å². The van der Waals surface area contributed by atoms with Gasteiger partial charge in [0.1, 0.15) is 23.6 Å². The number of benzene rings is 2. The van der Waals surface area contributed by atoms with Crippen molar-refractivity contribution in [2.75, 3.05) is 24.3 Å². The summed E-state index contributed by atoms with van der Waals surface area (Å²) in [6.07, 6.45) is 3.31. The number of rotatable bonds is 5. The molecule has 0 saturated carbocycles. The summed E-state index contributed by atoms with van der Waals surface area (Å²) in [7, 11) is 4.04. The molecular formula is C23H23N5O. The third-order valence-electron chi connectivity index (χ3n) is 4.69. The third-order valence-corrected chi connectivity index (χ3v) is 4.69. The highest BCUT2D eigenvalue weighted by atomic mass is 16.5. The van der Waals surface area contributed by atoms with E-state index in [9.17, 15) is 0 Å². The number of hydrogen-bond acceptors (Lipinski definition) is 6. The van der Waals surface area contributed by atoms with Crippen LogP contribution in [-0.2, 0) is 0 Å². The van der Waals surface area contributed by atoms with Crippen LogP contribution < -0.4 is 15.0 Å². The van der Waals surface area contributed by atoms with Crippen LogP contribution in [0.15, 0.2) is 61.1 Å². The van der Waals surface area contributed by atoms with Crippen LogP contribution in [0.1, 0.15) is 11.3 Å². The van der Waals surface area contributed by atoms with Crippen molar-refractivity contribution in [1.82, 2.24) is 15.0 Å². The van der Waals surface area contributed by atoms with E-state index in [1.54, 1.807) is 12.5 Å². The van der Waals surface area contributed by atoms with Crippen LogP contribution in [0.2, 0.25) is 0 Å². The second-order valence-electron chi connectivity index (χ2n) is 7.16. The van der Waals surface area contributed by atoms with Crippen LogP contribution in [0, 0.1) is 13.8 Å². The first kappa shape index (κ1) is 18.7. The molecule has 0 spiro atoms. The highest BCUT2D eigenvalue weighted by molar-refractivity contribution is 5.93. The first-order valence-electron chi connectivity index (χ1n) is 9.40. The molecule has 6 heteroatoms. The van der Waals surface area contributed by atoms with Crippen molar-refractivity contribution in [1.29, 1.82) is 0 Å². The normalized spacial score (nSPS) is 10.8. The van der Waals surface area contributed by atoms with Gasteiger partial charge in [-0.2, -0.15) is 0 Å². The number of pyridine rings is 1. The molecule has 0 atom stereocenters. The number of hydrogen-bond donors (Lipinski definition) is 1. The minimum atomic E-state index is 0.720. The van der Waals surface area contributed by atoms with Gasteiger partial charge in [-0.15, -0.1) is 0 Å². The molecular weight excluding hydrogens is 362 g/mol. The number of aryl methyl sites for hydroxylation is 2. The van der Waals surface area contributed by atoms with Gasteiger partial charge in [-0.05, 0) is 67.9 Å². The summed E-state index contributed by atoms with van der Waals surface area (Å²) < 4.78 is 5.96. The largest absolute Gasteiger partial charge is 0.455 e. The molecule has 146 valence electrons. The molecule has 4 aromatic rings. The average molecular weight is 385 g/mol. The van der Waals surface area contributed by atoms with Crippen LogP contribution in [0.25, 0.3) is 10.9 Å². The summed E-state index contributed by atoms with van der Waals surface area (Å²) >= 11 is 0. The number of aromatic nitrogens is 3. The minimum absolute atomic E-state index is 0.720. The number of fused-ring (bicyclic) bond motifs is 1. The van der Waals surface area contributed by atoms with Gasteiger partial charge in [0.25, 0.3) is 0 Å². The zero-order chi connectivity index (χ0) is 20.4. The fourth-order valence-electron chi connectivity index (χ4n) is 3.04. The SMILES string of the molecule is Cc1ccc(Oc2ccc(Nc3ncnc4ccc(N(C)C)cc34)cc2C)cn1. The average Bonchev–Trinajstić information content (AvgIpc) is 2.71. The predicted molar refractivity (Wildman–Crippen MR) is 117 cm³/mol. The Labute approximate surface area is 170 Å². The van der Waals surface area contributed by atoms with Gasteiger partial charge in [0.05, 0.1) is 11.7 Å². The van der Waals surface area contributed by atoms with Crippen LogP contribution >= 0.6 is 0 Å².